The molecule has 1 aromatic carbocycles. The molecule has 0 aromatic heterocycles. The highest BCUT2D eigenvalue weighted by Crippen LogP contribution is 2.22. The highest BCUT2D eigenvalue weighted by molar-refractivity contribution is 6.21. The van der Waals surface area contributed by atoms with Crippen molar-refractivity contribution >= 4 is 11.8 Å². The largest absolute Gasteiger partial charge is 0.352 e. The molecule has 1 aromatic rings. The molecule has 1 heterocycles. The van der Waals surface area contributed by atoms with Crippen LogP contribution in [-0.2, 0) is 9.62 Å². The lowest BCUT2D eigenvalue weighted by Crippen LogP contribution is -2.38. The van der Waals surface area contributed by atoms with E-state index in [1.807, 2.05) is 0 Å². The summed E-state index contributed by atoms with van der Waals surface area (Å²) in [5.74, 6) is -0.825. The third-order valence-electron chi connectivity index (χ3n) is 2.59. The molecule has 1 atom stereocenters. The molecule has 0 saturated heterocycles. The van der Waals surface area contributed by atoms with Crippen LogP contribution in [0.4, 0.5) is 0 Å². The number of hydrogen-bond acceptors (Lipinski definition) is 5. The van der Waals surface area contributed by atoms with Gasteiger partial charge in [-0.2, -0.15) is 0 Å². The molecular weight excluding hydrogens is 226 g/mol. The predicted molar refractivity (Wildman–Crippen MR) is 56.3 cm³/mol. The van der Waals surface area contributed by atoms with Crippen molar-refractivity contribution in [1.29, 1.82) is 0 Å². The van der Waals surface area contributed by atoms with Gasteiger partial charge in [-0.05, 0) is 12.1 Å². The van der Waals surface area contributed by atoms with E-state index < -0.39 is 18.1 Å². The van der Waals surface area contributed by atoms with E-state index in [0.29, 0.717) is 11.1 Å². The van der Waals surface area contributed by atoms with Gasteiger partial charge < -0.3 is 4.74 Å². The zero-order chi connectivity index (χ0) is 12.4. The number of carbonyl (C=O) groups is 2. The number of fused-ring (bicyclic) bond motifs is 1. The molecule has 0 radical (unpaired) electrons. The van der Waals surface area contributed by atoms with E-state index in [2.05, 4.69) is 4.89 Å². The number of benzene rings is 1. The number of amides is 2. The number of methoxy groups -OCH3 is 1. The van der Waals surface area contributed by atoms with Crippen LogP contribution in [0.5, 0.6) is 0 Å². The Bertz CT molecular complexity index is 420. The van der Waals surface area contributed by atoms with Crippen LogP contribution in [-0.4, -0.2) is 41.9 Å². The maximum absolute atomic E-state index is 11.9. The van der Waals surface area contributed by atoms with Gasteiger partial charge in [0.25, 0.3) is 11.8 Å². The Morgan fingerprint density at radius 1 is 1.24 bits per heavy atom. The van der Waals surface area contributed by atoms with Crippen molar-refractivity contribution in [2.24, 2.45) is 0 Å². The Morgan fingerprint density at radius 2 is 1.76 bits per heavy atom. The molecule has 17 heavy (non-hydrogen) atoms. The SMILES string of the molecule is COC(CN1C(=O)c2ccccc2C1=O)OO. The van der Waals surface area contributed by atoms with E-state index in [9.17, 15) is 9.59 Å². The van der Waals surface area contributed by atoms with Crippen molar-refractivity contribution in [1.82, 2.24) is 4.90 Å². The number of nitrogens with zero attached hydrogens (tertiary/aromatic N) is 1. The number of hydrogen-bond donors (Lipinski definition) is 1. The Labute approximate surface area is 97.3 Å². The summed E-state index contributed by atoms with van der Waals surface area (Å²) >= 11 is 0. The summed E-state index contributed by atoms with van der Waals surface area (Å²) in [5, 5.41) is 8.50. The maximum Gasteiger partial charge on any atom is 0.261 e. The molecule has 1 aliphatic heterocycles. The first kappa shape index (κ1) is 11.7. The van der Waals surface area contributed by atoms with Gasteiger partial charge in [-0.1, -0.05) is 12.1 Å². The first-order valence-electron chi connectivity index (χ1n) is 4.97. The van der Waals surface area contributed by atoms with Gasteiger partial charge in [0.05, 0.1) is 17.7 Å². The molecule has 1 N–H and O–H groups in total. The average Bonchev–Trinajstić information content (AvgIpc) is 2.61. The van der Waals surface area contributed by atoms with Gasteiger partial charge in [-0.15, -0.1) is 0 Å². The molecule has 0 aliphatic carbocycles. The van der Waals surface area contributed by atoms with Gasteiger partial charge in [-0.25, -0.2) is 10.1 Å². The third-order valence-corrected chi connectivity index (χ3v) is 2.59. The molecule has 0 fully saturated rings. The first-order valence-corrected chi connectivity index (χ1v) is 4.97. The van der Waals surface area contributed by atoms with E-state index in [1.165, 1.54) is 7.11 Å². The minimum absolute atomic E-state index is 0.153. The van der Waals surface area contributed by atoms with Crippen LogP contribution < -0.4 is 0 Å². The normalized spacial score (nSPS) is 16.2. The third kappa shape index (κ3) is 1.93. The van der Waals surface area contributed by atoms with Crippen molar-refractivity contribution in [3.8, 4) is 0 Å². The Morgan fingerprint density at radius 3 is 2.18 bits per heavy atom. The summed E-state index contributed by atoms with van der Waals surface area (Å²) in [4.78, 5) is 28.7. The smallest absolute Gasteiger partial charge is 0.261 e. The Balaban J connectivity index is 2.24. The molecule has 0 saturated carbocycles. The number of rotatable bonds is 4. The van der Waals surface area contributed by atoms with Crippen LogP contribution in [0.1, 0.15) is 20.7 Å². The van der Waals surface area contributed by atoms with E-state index >= 15 is 0 Å². The van der Waals surface area contributed by atoms with Crippen LogP contribution in [0, 0.1) is 0 Å². The van der Waals surface area contributed by atoms with Gasteiger partial charge in [0, 0.05) is 7.11 Å². The fraction of sp³-hybridized carbons (Fsp3) is 0.273. The van der Waals surface area contributed by atoms with Crippen LogP contribution in [0.15, 0.2) is 24.3 Å². The summed E-state index contributed by atoms with van der Waals surface area (Å²) in [6.45, 7) is -0.153. The van der Waals surface area contributed by atoms with Crippen LogP contribution in [0.2, 0.25) is 0 Å². The molecule has 0 spiro atoms. The minimum atomic E-state index is -1.04. The van der Waals surface area contributed by atoms with Crippen LogP contribution in [0.3, 0.4) is 0 Å². The van der Waals surface area contributed by atoms with Gasteiger partial charge in [0.1, 0.15) is 0 Å². The van der Waals surface area contributed by atoms with Gasteiger partial charge in [0.15, 0.2) is 0 Å². The summed E-state index contributed by atoms with van der Waals surface area (Å²) in [7, 11) is 1.30. The van der Waals surface area contributed by atoms with E-state index in [4.69, 9.17) is 9.99 Å². The van der Waals surface area contributed by atoms with Crippen LogP contribution in [0.25, 0.3) is 0 Å². The molecule has 2 amide bonds. The minimum Gasteiger partial charge on any atom is -0.352 e. The Hall–Kier alpha value is -1.76. The maximum atomic E-state index is 11.9. The first-order chi connectivity index (χ1) is 8.19. The van der Waals surface area contributed by atoms with Gasteiger partial charge >= 0.3 is 0 Å². The molecule has 1 unspecified atom stereocenters. The second-order valence-electron chi connectivity index (χ2n) is 3.54. The zero-order valence-corrected chi connectivity index (χ0v) is 9.12. The van der Waals surface area contributed by atoms with E-state index in [1.54, 1.807) is 24.3 Å². The summed E-state index contributed by atoms with van der Waals surface area (Å²) in [6.07, 6.45) is -1.04. The summed E-state index contributed by atoms with van der Waals surface area (Å²) < 4.78 is 4.74. The number of ether oxygens (including phenoxy) is 1. The highest BCUT2D eigenvalue weighted by Gasteiger charge is 2.36. The van der Waals surface area contributed by atoms with Crippen molar-refractivity contribution < 1.29 is 24.5 Å². The predicted octanol–water partition coefficient (Wildman–Crippen LogP) is 0.745. The highest BCUT2D eigenvalue weighted by atomic mass is 17.1. The lowest BCUT2D eigenvalue weighted by molar-refractivity contribution is -0.340. The average molecular weight is 237 g/mol. The van der Waals surface area contributed by atoms with E-state index in [0.717, 1.165) is 4.90 Å². The summed E-state index contributed by atoms with van der Waals surface area (Å²) in [6, 6.07) is 6.53. The monoisotopic (exact) mass is 237 g/mol. The Kier molecular flexibility index (Phi) is 3.19. The van der Waals surface area contributed by atoms with Gasteiger partial charge in [-0.3, -0.25) is 14.5 Å². The molecule has 1 aliphatic rings. The number of carbonyl (C=O) groups excluding carboxylic acids is 2. The standard InChI is InChI=1S/C11H11NO5/c1-16-9(17-15)6-12-10(13)7-4-2-3-5-8(7)11(12)14/h2-5,9,15H,6H2,1H3. The van der Waals surface area contributed by atoms with E-state index in [-0.39, 0.29) is 6.54 Å². The molecule has 2 rings (SSSR count). The molecule has 6 heteroatoms. The second kappa shape index (κ2) is 4.62. The van der Waals surface area contributed by atoms with Crippen LogP contribution >= 0.6 is 0 Å². The lowest BCUT2D eigenvalue weighted by Gasteiger charge is -2.18. The van der Waals surface area contributed by atoms with Crippen molar-refractivity contribution in [3.63, 3.8) is 0 Å². The quantitative estimate of drug-likeness (QED) is 0.362. The fourth-order valence-electron chi connectivity index (χ4n) is 1.70. The van der Waals surface area contributed by atoms with Gasteiger partial charge in [0.2, 0.25) is 6.29 Å². The zero-order valence-electron chi connectivity index (χ0n) is 9.12. The topological polar surface area (TPSA) is 76.1 Å². The summed E-state index contributed by atoms with van der Waals surface area (Å²) in [5.41, 5.74) is 0.704. The second-order valence-corrected chi connectivity index (χ2v) is 3.54. The molecule has 6 nitrogen and oxygen atoms in total. The molecule has 0 bridgehead atoms. The van der Waals surface area contributed by atoms with Crippen molar-refractivity contribution in [3.05, 3.63) is 35.4 Å². The molecule has 90 valence electrons. The van der Waals surface area contributed by atoms with Crippen molar-refractivity contribution in [2.45, 2.75) is 6.29 Å². The molecular formula is C11H11NO5. The lowest BCUT2D eigenvalue weighted by atomic mass is 10.1. The van der Waals surface area contributed by atoms with Crippen molar-refractivity contribution in [2.75, 3.05) is 13.7 Å². The number of imide groups is 1. The fourth-order valence-corrected chi connectivity index (χ4v) is 1.70.